The molecule has 0 bridgehead atoms. The number of benzene rings is 6. The second kappa shape index (κ2) is 11.3. The third kappa shape index (κ3) is 4.80. The third-order valence-electron chi connectivity index (χ3n) is 9.94. The van der Waals surface area contributed by atoms with Crippen molar-refractivity contribution in [1.29, 1.82) is 5.26 Å². The molecule has 0 atom stereocenters. The lowest BCUT2D eigenvalue weighted by molar-refractivity contribution is 0.591. The molecule has 0 spiro atoms. The van der Waals surface area contributed by atoms with Crippen LogP contribution in [0.5, 0.6) is 0 Å². The molecule has 236 valence electrons. The largest absolute Gasteiger partial charge is 0.309 e. The molecule has 0 aliphatic heterocycles. The number of para-hydroxylation sites is 2. The summed E-state index contributed by atoms with van der Waals surface area (Å²) in [5, 5.41) is 15.2. The second-order valence-electron chi connectivity index (χ2n) is 14.3. The van der Waals surface area contributed by atoms with Gasteiger partial charge in [0.15, 0.2) is 5.69 Å². The molecule has 2 heterocycles. The number of rotatable bonds is 4. The molecule has 0 aliphatic carbocycles. The highest BCUT2D eigenvalue weighted by atomic mass is 15.0. The monoisotopic (exact) mass is 632 g/mol. The molecular formula is C45H36N4. The van der Waals surface area contributed by atoms with Gasteiger partial charge in [0.1, 0.15) is 0 Å². The van der Waals surface area contributed by atoms with Crippen molar-refractivity contribution in [3.8, 4) is 28.6 Å². The van der Waals surface area contributed by atoms with Crippen LogP contribution in [0.2, 0.25) is 0 Å². The Hall–Kier alpha value is -6.10. The van der Waals surface area contributed by atoms with Crippen molar-refractivity contribution in [2.45, 2.75) is 46.0 Å². The maximum Gasteiger partial charge on any atom is 0.195 e. The molecule has 0 unspecified atom stereocenters. The van der Waals surface area contributed by atoms with Crippen LogP contribution >= 0.6 is 0 Å². The summed E-state index contributed by atoms with van der Waals surface area (Å²) in [7, 11) is 0. The molecule has 0 saturated heterocycles. The SMILES string of the molecule is [C-]#[N+]c1ccc(-n2c3ccccc3c3ccc(C(C)(C)C)cc32)cc1-c1cc(-n2c3ccccc3c3ccc(C(C)C)cc32)ccc1C#N. The van der Waals surface area contributed by atoms with Crippen LogP contribution in [0.4, 0.5) is 5.69 Å². The van der Waals surface area contributed by atoms with Crippen LogP contribution in [-0.4, -0.2) is 9.13 Å². The molecule has 8 rings (SSSR count). The van der Waals surface area contributed by atoms with Gasteiger partial charge in [0.2, 0.25) is 0 Å². The van der Waals surface area contributed by atoms with E-state index in [-0.39, 0.29) is 5.41 Å². The summed E-state index contributed by atoms with van der Waals surface area (Å²) in [6.45, 7) is 19.3. The summed E-state index contributed by atoms with van der Waals surface area (Å²) >= 11 is 0. The third-order valence-corrected chi connectivity index (χ3v) is 9.94. The van der Waals surface area contributed by atoms with E-state index in [0.717, 1.165) is 44.6 Å². The van der Waals surface area contributed by atoms with Crippen molar-refractivity contribution >= 4 is 49.3 Å². The van der Waals surface area contributed by atoms with Crippen LogP contribution in [0.25, 0.3) is 71.0 Å². The Morgan fingerprint density at radius 2 is 1.16 bits per heavy atom. The lowest BCUT2D eigenvalue weighted by atomic mass is 9.86. The van der Waals surface area contributed by atoms with Crippen LogP contribution in [0.15, 0.2) is 121 Å². The first-order chi connectivity index (χ1) is 23.7. The molecule has 4 heteroatoms. The molecule has 0 saturated carbocycles. The average Bonchev–Trinajstić information content (AvgIpc) is 3.63. The molecule has 49 heavy (non-hydrogen) atoms. The zero-order chi connectivity index (χ0) is 34.0. The van der Waals surface area contributed by atoms with Crippen LogP contribution in [0.1, 0.15) is 57.2 Å². The molecular weight excluding hydrogens is 597 g/mol. The van der Waals surface area contributed by atoms with Gasteiger partial charge in [-0.05, 0) is 88.2 Å². The topological polar surface area (TPSA) is 38.0 Å². The van der Waals surface area contributed by atoms with Crippen molar-refractivity contribution in [1.82, 2.24) is 9.13 Å². The summed E-state index contributed by atoms with van der Waals surface area (Å²) in [4.78, 5) is 3.96. The van der Waals surface area contributed by atoms with Gasteiger partial charge >= 0.3 is 0 Å². The minimum Gasteiger partial charge on any atom is -0.309 e. The Bertz CT molecular complexity index is 2700. The van der Waals surface area contributed by atoms with E-state index in [2.05, 4.69) is 152 Å². The van der Waals surface area contributed by atoms with E-state index in [0.29, 0.717) is 17.2 Å². The minimum atomic E-state index is -0.0144. The van der Waals surface area contributed by atoms with E-state index in [4.69, 9.17) is 6.57 Å². The zero-order valence-electron chi connectivity index (χ0n) is 28.4. The molecule has 6 aromatic carbocycles. The van der Waals surface area contributed by atoms with Crippen molar-refractivity contribution in [2.24, 2.45) is 0 Å². The molecule has 0 fully saturated rings. The predicted octanol–water partition coefficient (Wildman–Crippen LogP) is 12.4. The minimum absolute atomic E-state index is 0.0144. The summed E-state index contributed by atoms with van der Waals surface area (Å²) in [6, 6.07) is 44.9. The van der Waals surface area contributed by atoms with Crippen LogP contribution < -0.4 is 0 Å². The fourth-order valence-corrected chi connectivity index (χ4v) is 7.31. The lowest BCUT2D eigenvalue weighted by Gasteiger charge is -2.20. The van der Waals surface area contributed by atoms with E-state index in [1.165, 1.54) is 32.7 Å². The highest BCUT2D eigenvalue weighted by Crippen LogP contribution is 2.41. The van der Waals surface area contributed by atoms with Crippen LogP contribution in [0, 0.1) is 17.9 Å². The van der Waals surface area contributed by atoms with Gasteiger partial charge in [0, 0.05) is 32.9 Å². The lowest BCUT2D eigenvalue weighted by Crippen LogP contribution is -2.10. The first kappa shape index (κ1) is 30.2. The number of fused-ring (bicyclic) bond motifs is 6. The van der Waals surface area contributed by atoms with Gasteiger partial charge in [0.05, 0.1) is 40.3 Å². The second-order valence-corrected chi connectivity index (χ2v) is 14.3. The Balaban J connectivity index is 1.40. The zero-order valence-corrected chi connectivity index (χ0v) is 28.4. The van der Waals surface area contributed by atoms with Gasteiger partial charge in [-0.3, -0.25) is 0 Å². The maximum absolute atomic E-state index is 10.4. The van der Waals surface area contributed by atoms with Gasteiger partial charge in [0.25, 0.3) is 0 Å². The summed E-state index contributed by atoms with van der Waals surface area (Å²) in [6.07, 6.45) is 0. The number of hydrogen-bond donors (Lipinski definition) is 0. The Kier molecular flexibility index (Phi) is 6.95. The van der Waals surface area contributed by atoms with Gasteiger partial charge < -0.3 is 9.13 Å². The first-order valence-corrected chi connectivity index (χ1v) is 16.8. The van der Waals surface area contributed by atoms with Crippen LogP contribution in [-0.2, 0) is 5.41 Å². The molecule has 0 N–H and O–H groups in total. The quantitative estimate of drug-likeness (QED) is 0.178. The highest BCUT2D eigenvalue weighted by Gasteiger charge is 2.21. The number of hydrogen-bond acceptors (Lipinski definition) is 1. The van der Waals surface area contributed by atoms with Gasteiger partial charge in [-0.25, -0.2) is 4.85 Å². The standard InChI is InChI=1S/C45H36N4/c1-28(2)29-16-20-36-34-11-7-9-13-41(34)48(43(36)23-29)32-18-15-30(27-46)38(25-32)39-26-33(19-22-40(39)47-6)49-42-14-10-8-12-35(42)37-21-17-31(24-44(37)49)45(3,4)5/h7-26,28H,1-5H3. The van der Waals surface area contributed by atoms with E-state index in [9.17, 15) is 5.26 Å². The molecule has 8 aromatic rings. The first-order valence-electron chi connectivity index (χ1n) is 16.8. The predicted molar refractivity (Wildman–Crippen MR) is 204 cm³/mol. The number of nitrogens with zero attached hydrogens (tertiary/aromatic N) is 4. The number of aromatic nitrogens is 2. The highest BCUT2D eigenvalue weighted by molar-refractivity contribution is 6.10. The fraction of sp³-hybridized carbons (Fsp3) is 0.156. The average molecular weight is 633 g/mol. The summed E-state index contributed by atoms with van der Waals surface area (Å²) in [5.41, 5.74) is 11.4. The van der Waals surface area contributed by atoms with E-state index in [1.807, 2.05) is 24.3 Å². The van der Waals surface area contributed by atoms with Crippen LogP contribution in [0.3, 0.4) is 0 Å². The van der Waals surface area contributed by atoms with Gasteiger partial charge in [-0.15, -0.1) is 0 Å². The van der Waals surface area contributed by atoms with Gasteiger partial charge in [-0.2, -0.15) is 5.26 Å². The Morgan fingerprint density at radius 1 is 0.612 bits per heavy atom. The smallest absolute Gasteiger partial charge is 0.195 e. The fourth-order valence-electron chi connectivity index (χ4n) is 7.31. The molecule has 4 nitrogen and oxygen atoms in total. The maximum atomic E-state index is 10.4. The normalized spacial score (nSPS) is 11.9. The van der Waals surface area contributed by atoms with E-state index in [1.54, 1.807) is 0 Å². The van der Waals surface area contributed by atoms with E-state index < -0.39 is 0 Å². The summed E-state index contributed by atoms with van der Waals surface area (Å²) < 4.78 is 4.59. The number of nitriles is 1. The Labute approximate surface area is 286 Å². The summed E-state index contributed by atoms with van der Waals surface area (Å²) in [5.74, 6) is 0.386. The molecule has 0 radical (unpaired) electrons. The van der Waals surface area contributed by atoms with Gasteiger partial charge in [-0.1, -0.05) is 101 Å². The van der Waals surface area contributed by atoms with Crippen molar-refractivity contribution in [2.75, 3.05) is 0 Å². The molecule has 0 aliphatic rings. The van der Waals surface area contributed by atoms with Crippen molar-refractivity contribution < 1.29 is 0 Å². The van der Waals surface area contributed by atoms with Crippen molar-refractivity contribution in [3.05, 3.63) is 149 Å². The van der Waals surface area contributed by atoms with Crippen molar-refractivity contribution in [3.63, 3.8) is 0 Å². The molecule has 2 aromatic heterocycles. The molecule has 0 amide bonds. The Morgan fingerprint density at radius 3 is 1.76 bits per heavy atom. The van der Waals surface area contributed by atoms with E-state index >= 15 is 0 Å².